The Hall–Kier alpha value is -1.46. The molecule has 1 rings (SSSR count). The highest BCUT2D eigenvalue weighted by Crippen LogP contribution is 2.45. The average Bonchev–Trinajstić information content (AvgIpc) is 2.10. The van der Waals surface area contributed by atoms with Crippen LogP contribution in [0.15, 0.2) is 0 Å². The van der Waals surface area contributed by atoms with Crippen LogP contribution in [-0.2, 0) is 0 Å². The minimum atomic E-state index is -0.515. The smallest absolute Gasteiger partial charge is 0.312 e. The summed E-state index contributed by atoms with van der Waals surface area (Å²) < 4.78 is 0. The molecule has 1 aliphatic rings. The predicted molar refractivity (Wildman–Crippen MR) is 69.8 cm³/mol. The summed E-state index contributed by atoms with van der Waals surface area (Å²) in [7, 11) is 0. The minimum Gasteiger partial charge on any atom is -0.352 e. The number of hydrogen-bond donors (Lipinski definition) is 4. The van der Waals surface area contributed by atoms with Crippen LogP contribution >= 0.6 is 0 Å². The van der Waals surface area contributed by atoms with Crippen molar-refractivity contribution in [3.63, 3.8) is 0 Å². The first kappa shape index (κ1) is 14.6. The lowest BCUT2D eigenvalue weighted by Crippen LogP contribution is -2.51. The molecule has 4 amide bonds. The number of urea groups is 2. The van der Waals surface area contributed by atoms with E-state index in [-0.39, 0.29) is 16.9 Å². The lowest BCUT2D eigenvalue weighted by atomic mass is 9.62. The molecule has 6 nitrogen and oxygen atoms in total. The van der Waals surface area contributed by atoms with E-state index in [1.54, 1.807) is 0 Å². The van der Waals surface area contributed by atoms with Gasteiger partial charge in [0, 0.05) is 12.6 Å². The topological polar surface area (TPSA) is 110 Å². The van der Waals surface area contributed by atoms with Crippen LogP contribution in [0.5, 0.6) is 0 Å². The Labute approximate surface area is 108 Å². The van der Waals surface area contributed by atoms with Gasteiger partial charge in [-0.25, -0.2) is 9.59 Å². The number of nitrogens with two attached hydrogens (primary N) is 2. The second-order valence-electron chi connectivity index (χ2n) is 6.48. The second-order valence-corrected chi connectivity index (χ2v) is 6.48. The Kier molecular flexibility index (Phi) is 4.09. The van der Waals surface area contributed by atoms with Crippen LogP contribution < -0.4 is 22.1 Å². The molecule has 6 N–H and O–H groups in total. The van der Waals surface area contributed by atoms with Crippen molar-refractivity contribution in [3.8, 4) is 0 Å². The molecule has 0 aromatic heterocycles. The van der Waals surface area contributed by atoms with Crippen LogP contribution in [0, 0.1) is 10.8 Å². The van der Waals surface area contributed by atoms with Gasteiger partial charge in [0.15, 0.2) is 0 Å². The van der Waals surface area contributed by atoms with Gasteiger partial charge in [-0.2, -0.15) is 0 Å². The van der Waals surface area contributed by atoms with Crippen LogP contribution in [0.1, 0.15) is 40.0 Å². The third kappa shape index (κ3) is 4.43. The van der Waals surface area contributed by atoms with Gasteiger partial charge in [-0.15, -0.1) is 0 Å². The molecular weight excluding hydrogens is 232 g/mol. The number of carbonyl (C=O) groups excluding carboxylic acids is 2. The molecule has 0 aromatic rings. The average molecular weight is 256 g/mol. The molecule has 0 saturated heterocycles. The summed E-state index contributed by atoms with van der Waals surface area (Å²) in [4.78, 5) is 21.8. The second kappa shape index (κ2) is 5.04. The molecule has 0 spiro atoms. The number of rotatable bonds is 3. The van der Waals surface area contributed by atoms with E-state index in [1.165, 1.54) is 0 Å². The predicted octanol–water partition coefficient (Wildman–Crippen LogP) is 0.908. The fourth-order valence-electron chi connectivity index (χ4n) is 3.37. The lowest BCUT2D eigenvalue weighted by molar-refractivity contribution is 0.0757. The van der Waals surface area contributed by atoms with Gasteiger partial charge in [0.25, 0.3) is 0 Å². The van der Waals surface area contributed by atoms with Crippen LogP contribution in [0.25, 0.3) is 0 Å². The van der Waals surface area contributed by atoms with Crippen LogP contribution in [0.3, 0.4) is 0 Å². The van der Waals surface area contributed by atoms with E-state index in [0.29, 0.717) is 6.54 Å². The molecule has 2 atom stereocenters. The standard InChI is InChI=1S/C12H24N4O2/c1-11(2)4-8(16-10(14)18)5-12(3,6-11)7-15-9(13)17/h8H,4-7H2,1-3H3,(H3,13,15,17)(H3,14,16,18)/t8-,12+/m1/s1. The molecular formula is C12H24N4O2. The van der Waals surface area contributed by atoms with E-state index in [2.05, 4.69) is 31.4 Å². The first-order chi connectivity index (χ1) is 8.12. The normalized spacial score (nSPS) is 30.5. The number of nitrogens with one attached hydrogen (secondary N) is 2. The molecule has 1 saturated carbocycles. The highest BCUT2D eigenvalue weighted by Gasteiger charge is 2.41. The Bertz CT molecular complexity index is 343. The zero-order chi connectivity index (χ0) is 14.0. The molecule has 0 heterocycles. The Morgan fingerprint density at radius 3 is 2.28 bits per heavy atom. The molecule has 0 aliphatic heterocycles. The SMILES string of the molecule is CC1(C)C[C@@H](NC(N)=O)C[C@](C)(CNC(N)=O)C1. The van der Waals surface area contributed by atoms with Crippen LogP contribution in [0.4, 0.5) is 9.59 Å². The number of amides is 4. The van der Waals surface area contributed by atoms with E-state index in [9.17, 15) is 9.59 Å². The minimum absolute atomic E-state index is 0.0472. The van der Waals surface area contributed by atoms with Crippen LogP contribution in [0.2, 0.25) is 0 Å². The summed E-state index contributed by atoms with van der Waals surface area (Å²) in [6, 6.07) is -0.965. The van der Waals surface area contributed by atoms with Crippen molar-refractivity contribution in [2.24, 2.45) is 22.3 Å². The molecule has 0 radical (unpaired) electrons. The summed E-state index contributed by atoms with van der Waals surface area (Å²) in [6.45, 7) is 6.93. The summed E-state index contributed by atoms with van der Waals surface area (Å²) >= 11 is 0. The van der Waals surface area contributed by atoms with Crippen molar-refractivity contribution in [1.29, 1.82) is 0 Å². The third-order valence-corrected chi connectivity index (χ3v) is 3.48. The maximum atomic E-state index is 11.0. The van der Waals surface area contributed by atoms with Gasteiger partial charge in [0.05, 0.1) is 0 Å². The van der Waals surface area contributed by atoms with E-state index in [4.69, 9.17) is 11.5 Å². The van der Waals surface area contributed by atoms with E-state index >= 15 is 0 Å². The van der Waals surface area contributed by atoms with Crippen molar-refractivity contribution in [3.05, 3.63) is 0 Å². The van der Waals surface area contributed by atoms with Crippen molar-refractivity contribution in [1.82, 2.24) is 10.6 Å². The van der Waals surface area contributed by atoms with Gasteiger partial charge in [0.2, 0.25) is 0 Å². The summed E-state index contributed by atoms with van der Waals surface area (Å²) in [5.74, 6) is 0. The van der Waals surface area contributed by atoms with Gasteiger partial charge in [-0.1, -0.05) is 20.8 Å². The monoisotopic (exact) mass is 256 g/mol. The quantitative estimate of drug-likeness (QED) is 0.601. The Morgan fingerprint density at radius 1 is 1.17 bits per heavy atom. The molecule has 0 unspecified atom stereocenters. The molecule has 0 aromatic carbocycles. The van der Waals surface area contributed by atoms with Crippen molar-refractivity contribution >= 4 is 12.1 Å². The van der Waals surface area contributed by atoms with Gasteiger partial charge in [0.1, 0.15) is 0 Å². The lowest BCUT2D eigenvalue weighted by Gasteiger charge is -2.46. The maximum Gasteiger partial charge on any atom is 0.312 e. The Balaban J connectivity index is 2.72. The van der Waals surface area contributed by atoms with Crippen molar-refractivity contribution in [2.75, 3.05) is 6.54 Å². The molecule has 104 valence electrons. The van der Waals surface area contributed by atoms with E-state index in [0.717, 1.165) is 19.3 Å². The van der Waals surface area contributed by atoms with Crippen LogP contribution in [-0.4, -0.2) is 24.6 Å². The van der Waals surface area contributed by atoms with Gasteiger partial charge < -0.3 is 22.1 Å². The maximum absolute atomic E-state index is 11.0. The van der Waals surface area contributed by atoms with E-state index < -0.39 is 12.1 Å². The molecule has 6 heteroatoms. The fourth-order valence-corrected chi connectivity index (χ4v) is 3.37. The van der Waals surface area contributed by atoms with Gasteiger partial charge in [-0.3, -0.25) is 0 Å². The van der Waals surface area contributed by atoms with Gasteiger partial charge >= 0.3 is 12.1 Å². The third-order valence-electron chi connectivity index (χ3n) is 3.48. The number of carbonyl (C=O) groups is 2. The molecule has 1 aliphatic carbocycles. The van der Waals surface area contributed by atoms with Gasteiger partial charge in [-0.05, 0) is 30.1 Å². The Morgan fingerprint density at radius 2 is 1.78 bits per heavy atom. The summed E-state index contributed by atoms with van der Waals surface area (Å²) in [5.41, 5.74) is 10.3. The highest BCUT2D eigenvalue weighted by atomic mass is 16.2. The highest BCUT2D eigenvalue weighted by molar-refractivity contribution is 5.72. The largest absolute Gasteiger partial charge is 0.352 e. The van der Waals surface area contributed by atoms with Crippen molar-refractivity contribution < 1.29 is 9.59 Å². The molecule has 18 heavy (non-hydrogen) atoms. The summed E-state index contributed by atoms with van der Waals surface area (Å²) in [6.07, 6.45) is 2.65. The zero-order valence-corrected chi connectivity index (χ0v) is 11.4. The first-order valence-corrected chi connectivity index (χ1v) is 6.21. The van der Waals surface area contributed by atoms with E-state index in [1.807, 2.05) is 0 Å². The van der Waals surface area contributed by atoms with Crippen molar-refractivity contribution in [2.45, 2.75) is 46.1 Å². The summed E-state index contributed by atoms with van der Waals surface area (Å²) in [5, 5.41) is 5.44. The number of hydrogen-bond acceptors (Lipinski definition) is 2. The molecule has 1 fully saturated rings. The first-order valence-electron chi connectivity index (χ1n) is 6.21. The zero-order valence-electron chi connectivity index (χ0n) is 11.4. The number of primary amides is 2. The fraction of sp³-hybridized carbons (Fsp3) is 0.833. The molecule has 0 bridgehead atoms.